The molecule has 0 radical (unpaired) electrons. The van der Waals surface area contributed by atoms with Crippen molar-refractivity contribution >= 4 is 17.3 Å². The van der Waals surface area contributed by atoms with Gasteiger partial charge in [-0.2, -0.15) is 0 Å². The van der Waals surface area contributed by atoms with Crippen molar-refractivity contribution in [2.24, 2.45) is 0 Å². The van der Waals surface area contributed by atoms with E-state index >= 15 is 0 Å². The van der Waals surface area contributed by atoms with E-state index in [1.165, 1.54) is 12.1 Å². The molecule has 1 aromatic heterocycles. The summed E-state index contributed by atoms with van der Waals surface area (Å²) in [6.45, 7) is 0.568. The van der Waals surface area contributed by atoms with Gasteiger partial charge in [0.1, 0.15) is 11.6 Å². The monoisotopic (exact) mass is 258 g/mol. The number of hydrogen-bond donors (Lipinski definition) is 2. The van der Waals surface area contributed by atoms with Crippen LogP contribution in [-0.4, -0.2) is 17.0 Å². The van der Waals surface area contributed by atoms with Gasteiger partial charge in [-0.25, -0.2) is 4.98 Å². The van der Waals surface area contributed by atoms with Gasteiger partial charge in [-0.3, -0.25) is 10.1 Å². The molecule has 0 unspecified atom stereocenters. The van der Waals surface area contributed by atoms with Crippen molar-refractivity contribution in [1.29, 1.82) is 0 Å². The van der Waals surface area contributed by atoms with Gasteiger partial charge in [-0.15, -0.1) is 0 Å². The summed E-state index contributed by atoms with van der Waals surface area (Å²) < 4.78 is 0. The number of rotatable bonds is 5. The fraction of sp³-hybridized carbons (Fsp3) is 0.154. The molecule has 0 spiro atoms. The Balaban J connectivity index is 2.15. The third kappa shape index (κ3) is 3.41. The van der Waals surface area contributed by atoms with Crippen molar-refractivity contribution in [2.75, 3.05) is 17.7 Å². The van der Waals surface area contributed by atoms with Crippen LogP contribution in [0.3, 0.4) is 0 Å². The fourth-order valence-corrected chi connectivity index (χ4v) is 1.63. The molecule has 0 aliphatic carbocycles. The second kappa shape index (κ2) is 5.81. The van der Waals surface area contributed by atoms with Crippen LogP contribution in [0.1, 0.15) is 5.56 Å². The number of nitrogens with zero attached hydrogens (tertiary/aromatic N) is 2. The quantitative estimate of drug-likeness (QED) is 0.636. The standard InChI is InChI=1S/C13H14N4O2/c1-14-12-7-11(17(18)19)8-13(16-12)15-9-10-5-3-2-4-6-10/h2-8H,9H2,1H3,(H2,14,15,16). The maximum atomic E-state index is 10.8. The van der Waals surface area contributed by atoms with Gasteiger partial charge in [0.05, 0.1) is 17.1 Å². The molecule has 0 saturated carbocycles. The van der Waals surface area contributed by atoms with Gasteiger partial charge in [-0.05, 0) is 5.56 Å². The number of benzene rings is 1. The summed E-state index contributed by atoms with van der Waals surface area (Å²) in [6.07, 6.45) is 0. The molecule has 0 bridgehead atoms. The molecule has 1 aromatic carbocycles. The van der Waals surface area contributed by atoms with Gasteiger partial charge in [0.2, 0.25) is 0 Å². The van der Waals surface area contributed by atoms with Crippen LogP contribution in [0.15, 0.2) is 42.5 Å². The van der Waals surface area contributed by atoms with Crippen LogP contribution >= 0.6 is 0 Å². The minimum absolute atomic E-state index is 0.00918. The van der Waals surface area contributed by atoms with E-state index in [9.17, 15) is 10.1 Å². The Morgan fingerprint density at radius 2 is 1.89 bits per heavy atom. The molecule has 2 N–H and O–H groups in total. The molecule has 2 aromatic rings. The summed E-state index contributed by atoms with van der Waals surface area (Å²) >= 11 is 0. The number of aromatic nitrogens is 1. The number of hydrogen-bond acceptors (Lipinski definition) is 5. The molecule has 0 fully saturated rings. The number of anilines is 2. The Morgan fingerprint density at radius 3 is 2.53 bits per heavy atom. The lowest BCUT2D eigenvalue weighted by Gasteiger charge is -2.07. The van der Waals surface area contributed by atoms with E-state index in [4.69, 9.17) is 0 Å². The molecule has 98 valence electrons. The first kappa shape index (κ1) is 12.8. The maximum absolute atomic E-state index is 10.8. The molecule has 0 aliphatic rings. The highest BCUT2D eigenvalue weighted by molar-refractivity contribution is 5.54. The minimum Gasteiger partial charge on any atom is -0.373 e. The Hall–Kier alpha value is -2.63. The summed E-state index contributed by atoms with van der Waals surface area (Å²) in [7, 11) is 1.67. The van der Waals surface area contributed by atoms with E-state index in [2.05, 4.69) is 15.6 Å². The molecule has 6 heteroatoms. The SMILES string of the molecule is CNc1cc([N+](=O)[O-])cc(NCc2ccccc2)n1. The second-order valence-corrected chi connectivity index (χ2v) is 3.94. The van der Waals surface area contributed by atoms with Crippen LogP contribution in [0.5, 0.6) is 0 Å². The third-order valence-electron chi connectivity index (χ3n) is 2.59. The Bertz CT molecular complexity index is 572. The van der Waals surface area contributed by atoms with E-state index in [-0.39, 0.29) is 5.69 Å². The molecule has 0 amide bonds. The molecule has 19 heavy (non-hydrogen) atoms. The summed E-state index contributed by atoms with van der Waals surface area (Å²) in [5.74, 6) is 0.937. The first-order chi connectivity index (χ1) is 9.19. The van der Waals surface area contributed by atoms with Crippen molar-refractivity contribution < 1.29 is 4.92 Å². The summed E-state index contributed by atoms with van der Waals surface area (Å²) in [4.78, 5) is 14.6. The number of nitro groups is 1. The largest absolute Gasteiger partial charge is 0.373 e. The molecule has 0 saturated heterocycles. The van der Waals surface area contributed by atoms with Crippen molar-refractivity contribution in [2.45, 2.75) is 6.54 Å². The number of nitrogens with one attached hydrogen (secondary N) is 2. The van der Waals surface area contributed by atoms with Crippen LogP contribution in [0, 0.1) is 10.1 Å². The normalized spacial score (nSPS) is 9.95. The molecular weight excluding hydrogens is 244 g/mol. The van der Waals surface area contributed by atoms with Crippen LogP contribution in [-0.2, 0) is 6.54 Å². The van der Waals surface area contributed by atoms with Gasteiger partial charge >= 0.3 is 0 Å². The van der Waals surface area contributed by atoms with Gasteiger partial charge in [0.15, 0.2) is 0 Å². The molecule has 1 heterocycles. The van der Waals surface area contributed by atoms with Crippen molar-refractivity contribution in [1.82, 2.24) is 4.98 Å². The van der Waals surface area contributed by atoms with E-state index in [0.29, 0.717) is 18.2 Å². The van der Waals surface area contributed by atoms with Crippen molar-refractivity contribution in [3.8, 4) is 0 Å². The molecule has 0 aliphatic heterocycles. The Labute approximate surface area is 110 Å². The molecule has 6 nitrogen and oxygen atoms in total. The lowest BCUT2D eigenvalue weighted by Crippen LogP contribution is -2.04. The summed E-state index contributed by atoms with van der Waals surface area (Å²) in [5.41, 5.74) is 1.09. The first-order valence-corrected chi connectivity index (χ1v) is 5.81. The van der Waals surface area contributed by atoms with Crippen LogP contribution in [0.4, 0.5) is 17.3 Å². The van der Waals surface area contributed by atoms with Gasteiger partial charge in [-0.1, -0.05) is 30.3 Å². The first-order valence-electron chi connectivity index (χ1n) is 5.81. The van der Waals surface area contributed by atoms with E-state index < -0.39 is 4.92 Å². The molecule has 0 atom stereocenters. The second-order valence-electron chi connectivity index (χ2n) is 3.94. The van der Waals surface area contributed by atoms with E-state index in [1.54, 1.807) is 7.05 Å². The average Bonchev–Trinajstić information content (AvgIpc) is 2.45. The molecule has 2 rings (SSSR count). The summed E-state index contributed by atoms with van der Waals surface area (Å²) in [5, 5.41) is 16.7. The third-order valence-corrected chi connectivity index (χ3v) is 2.59. The van der Waals surface area contributed by atoms with E-state index in [1.807, 2.05) is 30.3 Å². The Kier molecular flexibility index (Phi) is 3.92. The van der Waals surface area contributed by atoms with Crippen molar-refractivity contribution in [3.63, 3.8) is 0 Å². The highest BCUT2D eigenvalue weighted by atomic mass is 16.6. The zero-order chi connectivity index (χ0) is 13.7. The lowest BCUT2D eigenvalue weighted by atomic mass is 10.2. The highest BCUT2D eigenvalue weighted by Gasteiger charge is 2.10. The lowest BCUT2D eigenvalue weighted by molar-refractivity contribution is -0.384. The maximum Gasteiger partial charge on any atom is 0.276 e. The van der Waals surface area contributed by atoms with Gasteiger partial charge in [0.25, 0.3) is 5.69 Å². The Morgan fingerprint density at radius 1 is 1.21 bits per heavy atom. The number of pyridine rings is 1. The predicted molar refractivity (Wildman–Crippen MR) is 74.2 cm³/mol. The zero-order valence-electron chi connectivity index (χ0n) is 10.5. The smallest absolute Gasteiger partial charge is 0.276 e. The van der Waals surface area contributed by atoms with Gasteiger partial charge in [0, 0.05) is 13.6 Å². The van der Waals surface area contributed by atoms with Crippen LogP contribution < -0.4 is 10.6 Å². The van der Waals surface area contributed by atoms with Gasteiger partial charge < -0.3 is 10.6 Å². The van der Waals surface area contributed by atoms with E-state index in [0.717, 1.165) is 5.56 Å². The molecular formula is C13H14N4O2. The van der Waals surface area contributed by atoms with Crippen molar-refractivity contribution in [3.05, 3.63) is 58.1 Å². The zero-order valence-corrected chi connectivity index (χ0v) is 10.5. The average molecular weight is 258 g/mol. The highest BCUT2D eigenvalue weighted by Crippen LogP contribution is 2.20. The topological polar surface area (TPSA) is 80.1 Å². The van der Waals surface area contributed by atoms with Crippen LogP contribution in [0.25, 0.3) is 0 Å². The fourth-order valence-electron chi connectivity index (χ4n) is 1.63. The minimum atomic E-state index is -0.434. The van der Waals surface area contributed by atoms with Crippen LogP contribution in [0.2, 0.25) is 0 Å². The predicted octanol–water partition coefficient (Wildman–Crippen LogP) is 2.64. The summed E-state index contributed by atoms with van der Waals surface area (Å²) in [6, 6.07) is 12.6.